The van der Waals surface area contributed by atoms with Crippen molar-refractivity contribution in [2.45, 2.75) is 57.0 Å². The number of unbranched alkanes of at least 4 members (excludes halogenated alkanes) is 1. The predicted octanol–water partition coefficient (Wildman–Crippen LogP) is 2.32. The quantitative estimate of drug-likeness (QED) is 0.676. The van der Waals surface area contributed by atoms with Crippen molar-refractivity contribution < 1.29 is 0 Å². The first kappa shape index (κ1) is 7.37. The van der Waals surface area contributed by atoms with Crippen molar-refractivity contribution in [1.82, 2.24) is 5.32 Å². The van der Waals surface area contributed by atoms with Crippen molar-refractivity contribution in [2.24, 2.45) is 11.8 Å². The molecule has 1 N–H and O–H groups in total. The molecule has 0 aromatic carbocycles. The van der Waals surface area contributed by atoms with Gasteiger partial charge in [0.1, 0.15) is 0 Å². The van der Waals surface area contributed by atoms with Gasteiger partial charge in [0, 0.05) is 11.6 Å². The van der Waals surface area contributed by atoms with Crippen LogP contribution in [0.3, 0.4) is 0 Å². The van der Waals surface area contributed by atoms with Crippen LogP contribution in [0, 0.1) is 11.8 Å². The predicted molar refractivity (Wildman–Crippen MR) is 50.0 cm³/mol. The molecule has 4 unspecified atom stereocenters. The molecule has 2 saturated heterocycles. The van der Waals surface area contributed by atoms with Crippen molar-refractivity contribution in [3.63, 3.8) is 0 Å². The van der Waals surface area contributed by atoms with Crippen molar-refractivity contribution in [3.8, 4) is 0 Å². The Balaban J connectivity index is 1.63. The minimum absolute atomic E-state index is 0.697. The zero-order valence-electron chi connectivity index (χ0n) is 7.97. The van der Waals surface area contributed by atoms with Crippen molar-refractivity contribution in [1.29, 1.82) is 0 Å². The molecule has 4 aliphatic rings. The topological polar surface area (TPSA) is 12.0 Å². The standard InChI is InChI=1S/C11H19N/c1-2-3-4-10-8-7-11(12-10)6-5-9(8)11/h8-10,12H,2-7H2,1H3. The molecular formula is C11H19N. The van der Waals surface area contributed by atoms with E-state index >= 15 is 0 Å². The average Bonchev–Trinajstić information content (AvgIpc) is 2.51. The van der Waals surface area contributed by atoms with E-state index in [1.54, 1.807) is 0 Å². The Bertz CT molecular complexity index is 201. The molecule has 2 bridgehead atoms. The summed E-state index contributed by atoms with van der Waals surface area (Å²) in [6.45, 7) is 2.30. The lowest BCUT2D eigenvalue weighted by molar-refractivity contribution is -0.00568. The zero-order chi connectivity index (χ0) is 8.18. The van der Waals surface area contributed by atoms with Crippen LogP contribution in [0.5, 0.6) is 0 Å². The summed E-state index contributed by atoms with van der Waals surface area (Å²) in [6.07, 6.45) is 8.77. The first-order valence-corrected chi connectivity index (χ1v) is 5.63. The molecule has 4 rings (SSSR count). The molecular weight excluding hydrogens is 146 g/mol. The summed E-state index contributed by atoms with van der Waals surface area (Å²) < 4.78 is 0. The summed E-state index contributed by atoms with van der Waals surface area (Å²) in [7, 11) is 0. The SMILES string of the molecule is CCCCC1NC23CCC2C1C3. The maximum Gasteiger partial charge on any atom is 0.0219 e. The molecule has 68 valence electrons. The average molecular weight is 165 g/mol. The van der Waals surface area contributed by atoms with E-state index in [-0.39, 0.29) is 0 Å². The smallest absolute Gasteiger partial charge is 0.0219 e. The lowest BCUT2D eigenvalue weighted by Crippen LogP contribution is -2.59. The summed E-state index contributed by atoms with van der Waals surface area (Å²) in [5.74, 6) is 2.20. The third-order valence-electron chi connectivity index (χ3n) is 4.59. The molecule has 1 heteroatoms. The Labute approximate surface area is 74.9 Å². The van der Waals surface area contributed by atoms with Gasteiger partial charge in [-0.15, -0.1) is 0 Å². The maximum absolute atomic E-state index is 3.88. The molecule has 12 heavy (non-hydrogen) atoms. The van der Waals surface area contributed by atoms with Crippen LogP contribution in [0.2, 0.25) is 0 Å². The van der Waals surface area contributed by atoms with Crippen molar-refractivity contribution >= 4 is 0 Å². The van der Waals surface area contributed by atoms with Crippen LogP contribution in [-0.4, -0.2) is 11.6 Å². The molecule has 2 aliphatic heterocycles. The summed E-state index contributed by atoms with van der Waals surface area (Å²) in [6, 6.07) is 0.914. The van der Waals surface area contributed by atoms with Gasteiger partial charge in [0.15, 0.2) is 0 Å². The molecule has 1 nitrogen and oxygen atoms in total. The van der Waals surface area contributed by atoms with Crippen LogP contribution in [0.4, 0.5) is 0 Å². The van der Waals surface area contributed by atoms with Crippen LogP contribution < -0.4 is 5.32 Å². The molecule has 0 amide bonds. The fourth-order valence-corrected chi connectivity index (χ4v) is 3.79. The van der Waals surface area contributed by atoms with Crippen LogP contribution in [0.1, 0.15) is 45.4 Å². The summed E-state index contributed by atoms with van der Waals surface area (Å²) in [5, 5.41) is 3.88. The van der Waals surface area contributed by atoms with E-state index in [2.05, 4.69) is 12.2 Å². The number of rotatable bonds is 3. The van der Waals surface area contributed by atoms with E-state index in [1.165, 1.54) is 38.5 Å². The van der Waals surface area contributed by atoms with E-state index in [9.17, 15) is 0 Å². The van der Waals surface area contributed by atoms with Gasteiger partial charge >= 0.3 is 0 Å². The first-order valence-electron chi connectivity index (χ1n) is 5.63. The maximum atomic E-state index is 3.88. The normalized spacial score (nSPS) is 54.2. The summed E-state index contributed by atoms with van der Waals surface area (Å²) >= 11 is 0. The number of nitrogens with one attached hydrogen (secondary N) is 1. The van der Waals surface area contributed by atoms with Gasteiger partial charge in [0.05, 0.1) is 0 Å². The Hall–Kier alpha value is -0.0400. The fraction of sp³-hybridized carbons (Fsp3) is 1.00. The third-order valence-corrected chi connectivity index (χ3v) is 4.59. The largest absolute Gasteiger partial charge is 0.308 e. The van der Waals surface area contributed by atoms with Gasteiger partial charge in [-0.1, -0.05) is 19.8 Å². The van der Waals surface area contributed by atoms with Crippen LogP contribution in [-0.2, 0) is 0 Å². The molecule has 0 aromatic rings. The lowest BCUT2D eigenvalue weighted by Gasteiger charge is -2.56. The molecule has 4 fully saturated rings. The molecule has 2 aliphatic carbocycles. The Kier molecular flexibility index (Phi) is 1.39. The van der Waals surface area contributed by atoms with Gasteiger partial charge in [-0.25, -0.2) is 0 Å². The van der Waals surface area contributed by atoms with E-state index < -0.39 is 0 Å². The van der Waals surface area contributed by atoms with E-state index in [4.69, 9.17) is 0 Å². The highest BCUT2D eigenvalue weighted by atomic mass is 15.1. The van der Waals surface area contributed by atoms with Gasteiger partial charge in [-0.05, 0) is 37.5 Å². The Morgan fingerprint density at radius 1 is 1.50 bits per heavy atom. The van der Waals surface area contributed by atoms with Crippen molar-refractivity contribution in [3.05, 3.63) is 0 Å². The first-order chi connectivity index (χ1) is 5.86. The number of hydrogen-bond acceptors (Lipinski definition) is 1. The molecule has 0 radical (unpaired) electrons. The molecule has 4 atom stereocenters. The van der Waals surface area contributed by atoms with E-state index in [1.807, 2.05) is 0 Å². The second kappa shape index (κ2) is 2.25. The van der Waals surface area contributed by atoms with Crippen LogP contribution in [0.15, 0.2) is 0 Å². The Morgan fingerprint density at radius 3 is 2.83 bits per heavy atom. The zero-order valence-corrected chi connectivity index (χ0v) is 7.97. The number of fused-ring (bicyclic) bond motifs is 1. The highest BCUT2D eigenvalue weighted by Gasteiger charge is 2.67. The van der Waals surface area contributed by atoms with Crippen LogP contribution >= 0.6 is 0 Å². The minimum atomic E-state index is 0.697. The second-order valence-corrected chi connectivity index (χ2v) is 5.06. The molecule has 0 aromatic heterocycles. The minimum Gasteiger partial charge on any atom is -0.308 e. The highest BCUT2D eigenvalue weighted by Crippen LogP contribution is 2.64. The monoisotopic (exact) mass is 165 g/mol. The molecule has 1 spiro atoms. The van der Waals surface area contributed by atoms with E-state index in [0.717, 1.165) is 17.9 Å². The second-order valence-electron chi connectivity index (χ2n) is 5.06. The molecule has 2 saturated carbocycles. The van der Waals surface area contributed by atoms with E-state index in [0.29, 0.717) is 5.54 Å². The lowest BCUT2D eigenvalue weighted by atomic mass is 9.50. The van der Waals surface area contributed by atoms with Gasteiger partial charge in [0.25, 0.3) is 0 Å². The highest BCUT2D eigenvalue weighted by molar-refractivity contribution is 5.24. The van der Waals surface area contributed by atoms with Crippen molar-refractivity contribution in [2.75, 3.05) is 0 Å². The summed E-state index contributed by atoms with van der Waals surface area (Å²) in [4.78, 5) is 0. The van der Waals surface area contributed by atoms with Gasteiger partial charge in [-0.3, -0.25) is 0 Å². The van der Waals surface area contributed by atoms with Crippen LogP contribution in [0.25, 0.3) is 0 Å². The molecule has 2 heterocycles. The van der Waals surface area contributed by atoms with Gasteiger partial charge in [0.2, 0.25) is 0 Å². The summed E-state index contributed by atoms with van der Waals surface area (Å²) in [5.41, 5.74) is 0.697. The third kappa shape index (κ3) is 0.693. The van der Waals surface area contributed by atoms with Gasteiger partial charge in [-0.2, -0.15) is 0 Å². The Morgan fingerprint density at radius 2 is 2.42 bits per heavy atom. The fourth-order valence-electron chi connectivity index (χ4n) is 3.79. The number of hydrogen-bond donors (Lipinski definition) is 1. The van der Waals surface area contributed by atoms with Gasteiger partial charge < -0.3 is 5.32 Å².